The van der Waals surface area contributed by atoms with Gasteiger partial charge in [0.15, 0.2) is 0 Å². The molecule has 3 heterocycles. The number of nitrogens with zero attached hydrogens (tertiary/aromatic N) is 6. The Morgan fingerprint density at radius 1 is 1.20 bits per heavy atom. The van der Waals surface area contributed by atoms with Gasteiger partial charge in [0.1, 0.15) is 5.82 Å². The molecule has 2 aromatic rings. The minimum Gasteiger partial charge on any atom is -0.353 e. The first-order chi connectivity index (χ1) is 12.1. The van der Waals surface area contributed by atoms with Crippen molar-refractivity contribution >= 4 is 17.8 Å². The summed E-state index contributed by atoms with van der Waals surface area (Å²) in [5.41, 5.74) is 0.976. The molecule has 0 radical (unpaired) electrons. The van der Waals surface area contributed by atoms with Crippen molar-refractivity contribution in [2.75, 3.05) is 50.1 Å². The van der Waals surface area contributed by atoms with E-state index >= 15 is 0 Å². The van der Waals surface area contributed by atoms with Gasteiger partial charge in [-0.2, -0.15) is 0 Å². The molecule has 0 aromatic carbocycles. The lowest BCUT2D eigenvalue weighted by atomic mass is 10.3. The molecule has 3 rings (SSSR count). The van der Waals surface area contributed by atoms with Gasteiger partial charge >= 0.3 is 6.03 Å². The molecule has 0 atom stereocenters. The first-order valence-corrected chi connectivity index (χ1v) is 8.43. The molecule has 1 aliphatic rings. The molecule has 1 saturated heterocycles. The normalized spacial score (nSPS) is 14.5. The number of pyridine rings is 1. The number of hydrogen-bond donors (Lipinski definition) is 1. The maximum absolute atomic E-state index is 12.4. The SMILES string of the molecule is CN(C)c1ncc(CNC(=O)N2CCN(c3ccccn3)CC2)n1C. The topological polar surface area (TPSA) is 69.5 Å². The third-order valence-electron chi connectivity index (χ3n) is 4.42. The fourth-order valence-corrected chi connectivity index (χ4v) is 2.97. The fraction of sp³-hybridized carbons (Fsp3) is 0.471. The van der Waals surface area contributed by atoms with Crippen molar-refractivity contribution in [3.63, 3.8) is 0 Å². The predicted octanol–water partition coefficient (Wildman–Crippen LogP) is 0.913. The average molecular weight is 343 g/mol. The Labute approximate surface area is 148 Å². The van der Waals surface area contributed by atoms with E-state index in [0.29, 0.717) is 19.6 Å². The first kappa shape index (κ1) is 17.1. The Balaban J connectivity index is 1.50. The van der Waals surface area contributed by atoms with Crippen LogP contribution in [0.5, 0.6) is 0 Å². The van der Waals surface area contributed by atoms with Gasteiger partial charge < -0.3 is 24.6 Å². The van der Waals surface area contributed by atoms with Crippen LogP contribution in [-0.2, 0) is 13.6 Å². The first-order valence-electron chi connectivity index (χ1n) is 8.43. The number of amides is 2. The summed E-state index contributed by atoms with van der Waals surface area (Å²) in [7, 11) is 5.85. The highest BCUT2D eigenvalue weighted by atomic mass is 16.2. The second-order valence-corrected chi connectivity index (χ2v) is 6.32. The zero-order chi connectivity index (χ0) is 17.8. The molecule has 8 heteroatoms. The molecule has 134 valence electrons. The Hall–Kier alpha value is -2.77. The summed E-state index contributed by atoms with van der Waals surface area (Å²) in [6.07, 6.45) is 3.60. The summed E-state index contributed by atoms with van der Waals surface area (Å²) >= 11 is 0. The lowest BCUT2D eigenvalue weighted by Crippen LogP contribution is -2.52. The average Bonchev–Trinajstić information content (AvgIpc) is 3.01. The summed E-state index contributed by atoms with van der Waals surface area (Å²) in [5.74, 6) is 1.84. The molecular weight excluding hydrogens is 318 g/mol. The van der Waals surface area contributed by atoms with Crippen LogP contribution in [0.3, 0.4) is 0 Å². The number of anilines is 2. The molecule has 8 nitrogen and oxygen atoms in total. The highest BCUT2D eigenvalue weighted by Gasteiger charge is 2.21. The van der Waals surface area contributed by atoms with Crippen LogP contribution in [0.15, 0.2) is 30.6 Å². The quantitative estimate of drug-likeness (QED) is 0.894. The van der Waals surface area contributed by atoms with Crippen molar-refractivity contribution in [3.05, 3.63) is 36.3 Å². The van der Waals surface area contributed by atoms with Crippen molar-refractivity contribution in [1.82, 2.24) is 24.8 Å². The largest absolute Gasteiger partial charge is 0.353 e. The highest BCUT2D eigenvalue weighted by molar-refractivity contribution is 5.74. The van der Waals surface area contributed by atoms with E-state index < -0.39 is 0 Å². The molecule has 1 aliphatic heterocycles. The maximum Gasteiger partial charge on any atom is 0.317 e. The third-order valence-corrected chi connectivity index (χ3v) is 4.42. The van der Waals surface area contributed by atoms with E-state index in [9.17, 15) is 4.79 Å². The van der Waals surface area contributed by atoms with Gasteiger partial charge in [-0.3, -0.25) is 0 Å². The van der Waals surface area contributed by atoms with E-state index in [4.69, 9.17) is 0 Å². The Kier molecular flexibility index (Phi) is 5.06. The molecule has 1 fully saturated rings. The lowest BCUT2D eigenvalue weighted by molar-refractivity contribution is 0.193. The molecule has 2 amide bonds. The molecular formula is C17H25N7O. The van der Waals surface area contributed by atoms with Gasteiger partial charge in [0.2, 0.25) is 5.95 Å². The van der Waals surface area contributed by atoms with Crippen LogP contribution in [-0.4, -0.2) is 65.7 Å². The van der Waals surface area contributed by atoms with Crippen molar-refractivity contribution < 1.29 is 4.79 Å². The van der Waals surface area contributed by atoms with Gasteiger partial charge in [-0.1, -0.05) is 6.07 Å². The molecule has 2 aromatic heterocycles. The van der Waals surface area contributed by atoms with E-state index in [1.807, 2.05) is 53.7 Å². The summed E-state index contributed by atoms with van der Waals surface area (Å²) in [5, 5.41) is 2.99. The number of nitrogens with one attached hydrogen (secondary N) is 1. The molecule has 0 saturated carbocycles. The number of rotatable bonds is 4. The molecule has 0 spiro atoms. The standard InChI is InChI=1S/C17H25N7O/c1-21(2)16-19-12-14(22(16)3)13-20-17(25)24-10-8-23(9-11-24)15-6-4-5-7-18-15/h4-7,12H,8-11,13H2,1-3H3,(H,20,25). The van der Waals surface area contributed by atoms with Crippen LogP contribution in [0.2, 0.25) is 0 Å². The van der Waals surface area contributed by atoms with E-state index in [1.54, 1.807) is 12.4 Å². The van der Waals surface area contributed by atoms with E-state index in [2.05, 4.69) is 20.2 Å². The van der Waals surface area contributed by atoms with E-state index in [0.717, 1.165) is 30.5 Å². The minimum atomic E-state index is -0.0340. The van der Waals surface area contributed by atoms with E-state index in [-0.39, 0.29) is 6.03 Å². The number of hydrogen-bond acceptors (Lipinski definition) is 5. The molecule has 0 bridgehead atoms. The smallest absolute Gasteiger partial charge is 0.317 e. The second-order valence-electron chi connectivity index (χ2n) is 6.32. The fourth-order valence-electron chi connectivity index (χ4n) is 2.97. The zero-order valence-corrected chi connectivity index (χ0v) is 15.0. The summed E-state index contributed by atoms with van der Waals surface area (Å²) in [6, 6.07) is 5.86. The Morgan fingerprint density at radius 2 is 1.96 bits per heavy atom. The predicted molar refractivity (Wildman–Crippen MR) is 97.8 cm³/mol. The zero-order valence-electron chi connectivity index (χ0n) is 15.0. The van der Waals surface area contributed by atoms with Crippen molar-refractivity contribution in [1.29, 1.82) is 0 Å². The van der Waals surface area contributed by atoms with Crippen LogP contribution >= 0.6 is 0 Å². The number of carbonyl (C=O) groups is 1. The summed E-state index contributed by atoms with van der Waals surface area (Å²) in [6.45, 7) is 3.44. The number of imidazole rings is 1. The third kappa shape index (κ3) is 3.84. The van der Waals surface area contributed by atoms with Gasteiger partial charge in [-0.25, -0.2) is 14.8 Å². The molecule has 25 heavy (non-hydrogen) atoms. The van der Waals surface area contributed by atoms with Crippen LogP contribution in [0.1, 0.15) is 5.69 Å². The number of piperazine rings is 1. The monoisotopic (exact) mass is 343 g/mol. The van der Waals surface area contributed by atoms with Crippen molar-refractivity contribution in [2.45, 2.75) is 6.54 Å². The van der Waals surface area contributed by atoms with Crippen LogP contribution in [0, 0.1) is 0 Å². The molecule has 0 aliphatic carbocycles. The van der Waals surface area contributed by atoms with Gasteiger partial charge in [0, 0.05) is 53.5 Å². The molecule has 0 unspecified atom stereocenters. The highest BCUT2D eigenvalue weighted by Crippen LogP contribution is 2.13. The van der Waals surface area contributed by atoms with Crippen molar-refractivity contribution in [3.8, 4) is 0 Å². The van der Waals surface area contributed by atoms with Crippen LogP contribution in [0.4, 0.5) is 16.6 Å². The lowest BCUT2D eigenvalue weighted by Gasteiger charge is -2.35. The molecule has 1 N–H and O–H groups in total. The summed E-state index contributed by atoms with van der Waals surface area (Å²) < 4.78 is 1.99. The number of urea groups is 1. The van der Waals surface area contributed by atoms with Crippen LogP contribution in [0.25, 0.3) is 0 Å². The number of carbonyl (C=O) groups excluding carboxylic acids is 1. The van der Waals surface area contributed by atoms with Crippen molar-refractivity contribution in [2.24, 2.45) is 7.05 Å². The summed E-state index contributed by atoms with van der Waals surface area (Å²) in [4.78, 5) is 27.1. The van der Waals surface area contributed by atoms with Gasteiger partial charge in [0.05, 0.1) is 18.4 Å². The Morgan fingerprint density at radius 3 is 2.56 bits per heavy atom. The van der Waals surface area contributed by atoms with Gasteiger partial charge in [-0.05, 0) is 12.1 Å². The van der Waals surface area contributed by atoms with Gasteiger partial charge in [-0.15, -0.1) is 0 Å². The van der Waals surface area contributed by atoms with Crippen LogP contribution < -0.4 is 15.1 Å². The Bertz CT molecular complexity index is 705. The maximum atomic E-state index is 12.4. The minimum absolute atomic E-state index is 0.0340. The van der Waals surface area contributed by atoms with Gasteiger partial charge in [0.25, 0.3) is 0 Å². The number of aromatic nitrogens is 3. The second kappa shape index (κ2) is 7.42. The van der Waals surface area contributed by atoms with E-state index in [1.165, 1.54) is 0 Å².